The largest absolute Gasteiger partial charge is 0.573 e. The van der Waals surface area contributed by atoms with Gasteiger partial charge in [0.15, 0.2) is 11.5 Å². The van der Waals surface area contributed by atoms with Gasteiger partial charge in [0, 0.05) is 26.2 Å². The highest BCUT2D eigenvalue weighted by molar-refractivity contribution is 5.46. The van der Waals surface area contributed by atoms with E-state index in [4.69, 9.17) is 9.47 Å². The van der Waals surface area contributed by atoms with Gasteiger partial charge in [0.1, 0.15) is 5.75 Å². The zero-order valence-electron chi connectivity index (χ0n) is 16.5. The van der Waals surface area contributed by atoms with Crippen LogP contribution in [0.1, 0.15) is 24.1 Å². The van der Waals surface area contributed by atoms with Crippen LogP contribution in [-0.4, -0.2) is 51.2 Å². The van der Waals surface area contributed by atoms with Crippen LogP contribution in [-0.2, 0) is 0 Å². The molecule has 1 saturated heterocycles. The first kappa shape index (κ1) is 21.3. The van der Waals surface area contributed by atoms with Crippen molar-refractivity contribution in [2.75, 3.05) is 39.9 Å². The van der Waals surface area contributed by atoms with E-state index < -0.39 is 6.36 Å². The molecule has 1 aliphatic rings. The summed E-state index contributed by atoms with van der Waals surface area (Å²) < 4.78 is 52.5. The summed E-state index contributed by atoms with van der Waals surface area (Å²) in [7, 11) is 1.59. The molecular weight excluding hydrogens is 385 g/mol. The molecule has 8 heteroatoms. The van der Waals surface area contributed by atoms with Crippen molar-refractivity contribution in [3.05, 3.63) is 53.6 Å². The lowest BCUT2D eigenvalue weighted by molar-refractivity contribution is -0.274. The normalized spacial score (nSPS) is 16.3. The van der Waals surface area contributed by atoms with Crippen LogP contribution in [0.15, 0.2) is 42.5 Å². The smallest absolute Gasteiger partial charge is 0.493 e. The number of alkyl halides is 3. The van der Waals surface area contributed by atoms with Gasteiger partial charge < -0.3 is 19.5 Å². The van der Waals surface area contributed by atoms with Crippen molar-refractivity contribution in [1.82, 2.24) is 10.2 Å². The number of hydrogen-bond donors (Lipinski definition) is 1. The minimum Gasteiger partial charge on any atom is -0.493 e. The molecule has 0 bridgehead atoms. The van der Waals surface area contributed by atoms with Crippen LogP contribution in [0.2, 0.25) is 0 Å². The summed E-state index contributed by atoms with van der Waals surface area (Å²) in [5.74, 6) is 1.05. The molecule has 1 heterocycles. The third-order valence-electron chi connectivity index (χ3n) is 4.75. The predicted octanol–water partition coefficient (Wildman–Crippen LogP) is 3.99. The maximum atomic E-state index is 12.5. The van der Waals surface area contributed by atoms with E-state index in [0.717, 1.165) is 37.3 Å². The van der Waals surface area contributed by atoms with Crippen LogP contribution in [0.3, 0.4) is 0 Å². The van der Waals surface area contributed by atoms with Crippen LogP contribution >= 0.6 is 0 Å². The number of nitrogens with zero attached hydrogens (tertiary/aromatic N) is 1. The van der Waals surface area contributed by atoms with E-state index in [9.17, 15) is 13.2 Å². The van der Waals surface area contributed by atoms with Gasteiger partial charge in [-0.05, 0) is 42.3 Å². The van der Waals surface area contributed by atoms with E-state index >= 15 is 0 Å². The Hall–Kier alpha value is -2.45. The van der Waals surface area contributed by atoms with Gasteiger partial charge in [0.2, 0.25) is 0 Å². The van der Waals surface area contributed by atoms with E-state index in [1.54, 1.807) is 19.2 Å². The van der Waals surface area contributed by atoms with Gasteiger partial charge in [-0.3, -0.25) is 4.90 Å². The van der Waals surface area contributed by atoms with Gasteiger partial charge in [-0.25, -0.2) is 0 Å². The van der Waals surface area contributed by atoms with Crippen LogP contribution in [0.25, 0.3) is 0 Å². The summed E-state index contributed by atoms with van der Waals surface area (Å²) in [5, 5.41) is 3.33. The zero-order chi connectivity index (χ0) is 20.9. The second-order valence-electron chi connectivity index (χ2n) is 6.65. The van der Waals surface area contributed by atoms with Crippen LogP contribution in [0.4, 0.5) is 13.2 Å². The minimum absolute atomic E-state index is 0.123. The van der Waals surface area contributed by atoms with E-state index in [-0.39, 0.29) is 11.8 Å². The van der Waals surface area contributed by atoms with Gasteiger partial charge in [0.05, 0.1) is 19.8 Å². The predicted molar refractivity (Wildman–Crippen MR) is 104 cm³/mol. The Morgan fingerprint density at radius 3 is 2.24 bits per heavy atom. The average molecular weight is 410 g/mol. The van der Waals surface area contributed by atoms with Gasteiger partial charge in [-0.2, -0.15) is 0 Å². The number of methoxy groups -OCH3 is 1. The van der Waals surface area contributed by atoms with Crippen molar-refractivity contribution >= 4 is 0 Å². The molecule has 0 saturated carbocycles. The Bertz CT molecular complexity index is 791. The SMILES string of the molecule is CCOc1cc([C@@H](c2ccc(OC(F)(F)F)cc2)N2CCNCC2)ccc1OC. The number of nitrogens with one attached hydrogen (secondary N) is 1. The number of benzene rings is 2. The number of ether oxygens (including phenoxy) is 3. The molecule has 0 aliphatic carbocycles. The van der Waals surface area contributed by atoms with E-state index in [1.165, 1.54) is 12.1 Å². The molecule has 2 aromatic carbocycles. The summed E-state index contributed by atoms with van der Waals surface area (Å²) >= 11 is 0. The standard InChI is InChI=1S/C21H25F3N2O3/c1-3-28-19-14-16(6-9-18(19)27-2)20(26-12-10-25-11-13-26)15-4-7-17(8-5-15)29-21(22,23)24/h4-9,14,20,25H,3,10-13H2,1-2H3/t20-/m1/s1. The molecule has 0 aromatic heterocycles. The molecule has 0 unspecified atom stereocenters. The molecule has 0 amide bonds. The van der Waals surface area contributed by atoms with Crippen LogP contribution < -0.4 is 19.5 Å². The van der Waals surface area contributed by atoms with Gasteiger partial charge in [-0.1, -0.05) is 18.2 Å². The van der Waals surface area contributed by atoms with Crippen molar-refractivity contribution in [1.29, 1.82) is 0 Å². The lowest BCUT2D eigenvalue weighted by Crippen LogP contribution is -2.45. The summed E-state index contributed by atoms with van der Waals surface area (Å²) in [4.78, 5) is 2.30. The first-order chi connectivity index (χ1) is 13.9. The molecule has 0 spiro atoms. The molecule has 5 nitrogen and oxygen atoms in total. The number of halogens is 3. The summed E-state index contributed by atoms with van der Waals surface area (Å²) in [6.07, 6.45) is -4.71. The van der Waals surface area contributed by atoms with Gasteiger partial charge in [0.25, 0.3) is 0 Å². The second-order valence-corrected chi connectivity index (χ2v) is 6.65. The maximum Gasteiger partial charge on any atom is 0.573 e. The Balaban J connectivity index is 1.96. The molecule has 1 fully saturated rings. The quantitative estimate of drug-likeness (QED) is 0.748. The first-order valence-corrected chi connectivity index (χ1v) is 9.52. The fraction of sp³-hybridized carbons (Fsp3) is 0.429. The lowest BCUT2D eigenvalue weighted by atomic mass is 9.96. The molecule has 1 atom stereocenters. The Morgan fingerprint density at radius 1 is 1.00 bits per heavy atom. The van der Waals surface area contributed by atoms with Gasteiger partial charge >= 0.3 is 6.36 Å². The number of rotatable bonds is 7. The minimum atomic E-state index is -4.71. The highest BCUT2D eigenvalue weighted by atomic mass is 19.4. The second kappa shape index (κ2) is 9.37. The molecule has 0 radical (unpaired) electrons. The summed E-state index contributed by atoms with van der Waals surface area (Å²) in [6, 6.07) is 11.7. The maximum absolute atomic E-state index is 12.5. The Morgan fingerprint density at radius 2 is 1.66 bits per heavy atom. The third kappa shape index (κ3) is 5.55. The average Bonchev–Trinajstić information content (AvgIpc) is 2.70. The highest BCUT2D eigenvalue weighted by Crippen LogP contribution is 2.36. The molecule has 2 aromatic rings. The first-order valence-electron chi connectivity index (χ1n) is 9.52. The van der Waals surface area contributed by atoms with Crippen molar-refractivity contribution < 1.29 is 27.4 Å². The fourth-order valence-electron chi connectivity index (χ4n) is 3.54. The number of piperazine rings is 1. The monoisotopic (exact) mass is 410 g/mol. The van der Waals surface area contributed by atoms with Crippen molar-refractivity contribution in [3.8, 4) is 17.2 Å². The van der Waals surface area contributed by atoms with E-state index in [1.807, 2.05) is 25.1 Å². The Labute approximate surface area is 168 Å². The van der Waals surface area contributed by atoms with E-state index in [2.05, 4.69) is 15.0 Å². The topological polar surface area (TPSA) is 43.0 Å². The Kier molecular flexibility index (Phi) is 6.87. The lowest BCUT2D eigenvalue weighted by Gasteiger charge is -2.36. The van der Waals surface area contributed by atoms with E-state index in [0.29, 0.717) is 18.1 Å². The summed E-state index contributed by atoms with van der Waals surface area (Å²) in [5.41, 5.74) is 1.87. The van der Waals surface area contributed by atoms with Crippen molar-refractivity contribution in [2.24, 2.45) is 0 Å². The molecular formula is C21H25F3N2O3. The molecule has 3 rings (SSSR count). The van der Waals surface area contributed by atoms with Crippen molar-refractivity contribution in [3.63, 3.8) is 0 Å². The zero-order valence-corrected chi connectivity index (χ0v) is 16.5. The molecule has 1 N–H and O–H groups in total. The molecule has 29 heavy (non-hydrogen) atoms. The molecule has 1 aliphatic heterocycles. The fourth-order valence-corrected chi connectivity index (χ4v) is 3.54. The van der Waals surface area contributed by atoms with Crippen LogP contribution in [0.5, 0.6) is 17.2 Å². The number of hydrogen-bond acceptors (Lipinski definition) is 5. The summed E-state index contributed by atoms with van der Waals surface area (Å²) in [6.45, 7) is 5.74. The van der Waals surface area contributed by atoms with Crippen molar-refractivity contribution in [2.45, 2.75) is 19.3 Å². The third-order valence-corrected chi connectivity index (χ3v) is 4.75. The molecule has 158 valence electrons. The van der Waals surface area contributed by atoms with Crippen LogP contribution in [0, 0.1) is 0 Å². The highest BCUT2D eigenvalue weighted by Gasteiger charge is 2.31. The van der Waals surface area contributed by atoms with Gasteiger partial charge in [-0.15, -0.1) is 13.2 Å².